The fraction of sp³-hybridized carbons (Fsp3) is 0.556. The first-order chi connectivity index (χ1) is 6.65. The maximum Gasteiger partial charge on any atom is 0.356 e. The minimum absolute atomic E-state index is 0.0980. The van der Waals surface area contributed by atoms with Crippen molar-refractivity contribution in [3.05, 3.63) is 17.5 Å². The van der Waals surface area contributed by atoms with Crippen molar-refractivity contribution >= 4 is 5.97 Å². The molecule has 0 aliphatic heterocycles. The van der Waals surface area contributed by atoms with Crippen LogP contribution in [0.25, 0.3) is 0 Å². The number of rotatable bonds is 5. The smallest absolute Gasteiger partial charge is 0.356 e. The summed E-state index contributed by atoms with van der Waals surface area (Å²) in [7, 11) is 1.75. The fourth-order valence-electron chi connectivity index (χ4n) is 1.17. The van der Waals surface area contributed by atoms with Crippen LogP contribution in [-0.2, 0) is 13.6 Å². The molecule has 0 aromatic carbocycles. The summed E-state index contributed by atoms with van der Waals surface area (Å²) in [6.45, 7) is 3.66. The third kappa shape index (κ3) is 2.56. The van der Waals surface area contributed by atoms with E-state index in [2.05, 4.69) is 17.3 Å². The lowest BCUT2D eigenvalue weighted by Crippen LogP contribution is -2.16. The molecule has 0 spiro atoms. The number of hydrogen-bond acceptors (Lipinski definition) is 3. The van der Waals surface area contributed by atoms with E-state index in [1.807, 2.05) is 0 Å². The van der Waals surface area contributed by atoms with Crippen LogP contribution >= 0.6 is 0 Å². The zero-order chi connectivity index (χ0) is 10.6. The third-order valence-electron chi connectivity index (χ3n) is 1.93. The number of nitrogens with zero attached hydrogens (tertiary/aromatic N) is 2. The second kappa shape index (κ2) is 4.76. The van der Waals surface area contributed by atoms with E-state index in [0.29, 0.717) is 6.54 Å². The van der Waals surface area contributed by atoms with Gasteiger partial charge in [0.25, 0.3) is 0 Å². The molecule has 0 saturated heterocycles. The molecule has 0 radical (unpaired) electrons. The summed E-state index contributed by atoms with van der Waals surface area (Å²) in [6.07, 6.45) is 1.06. The lowest BCUT2D eigenvalue weighted by Gasteiger charge is -2.02. The number of nitrogens with one attached hydrogen (secondary N) is 1. The summed E-state index contributed by atoms with van der Waals surface area (Å²) in [5, 5.41) is 15.8. The van der Waals surface area contributed by atoms with E-state index in [4.69, 9.17) is 5.11 Å². The molecule has 14 heavy (non-hydrogen) atoms. The Kier molecular flexibility index (Phi) is 3.64. The summed E-state index contributed by atoms with van der Waals surface area (Å²) in [5.41, 5.74) is 0.983. The molecule has 78 valence electrons. The third-order valence-corrected chi connectivity index (χ3v) is 1.93. The summed E-state index contributed by atoms with van der Waals surface area (Å²) >= 11 is 0. The van der Waals surface area contributed by atoms with Gasteiger partial charge in [-0.25, -0.2) is 4.79 Å². The van der Waals surface area contributed by atoms with Crippen LogP contribution in [0, 0.1) is 0 Å². The molecule has 0 unspecified atom stereocenters. The Balaban J connectivity index is 2.63. The van der Waals surface area contributed by atoms with E-state index < -0.39 is 5.97 Å². The Hall–Kier alpha value is -1.36. The van der Waals surface area contributed by atoms with Crippen LogP contribution in [0.2, 0.25) is 0 Å². The molecule has 0 saturated carbocycles. The van der Waals surface area contributed by atoms with Crippen LogP contribution in [0.1, 0.15) is 29.5 Å². The Morgan fingerprint density at radius 3 is 2.93 bits per heavy atom. The summed E-state index contributed by atoms with van der Waals surface area (Å²) < 4.78 is 1.59. The van der Waals surface area contributed by atoms with Crippen LogP contribution in [0.3, 0.4) is 0 Å². The lowest BCUT2D eigenvalue weighted by molar-refractivity contribution is 0.0689. The monoisotopic (exact) mass is 197 g/mol. The van der Waals surface area contributed by atoms with E-state index in [1.165, 1.54) is 0 Å². The van der Waals surface area contributed by atoms with E-state index in [9.17, 15) is 4.79 Å². The first kappa shape index (κ1) is 10.7. The molecule has 0 aliphatic carbocycles. The van der Waals surface area contributed by atoms with E-state index in [0.717, 1.165) is 18.7 Å². The molecule has 5 nitrogen and oxygen atoms in total. The van der Waals surface area contributed by atoms with Crippen molar-refractivity contribution in [3.8, 4) is 0 Å². The summed E-state index contributed by atoms with van der Waals surface area (Å²) in [4.78, 5) is 10.6. The highest BCUT2D eigenvalue weighted by Crippen LogP contribution is 2.02. The molecule has 1 aromatic rings. The molecule has 0 amide bonds. The topological polar surface area (TPSA) is 67.2 Å². The molecule has 0 fully saturated rings. The van der Waals surface area contributed by atoms with Crippen molar-refractivity contribution < 1.29 is 9.90 Å². The molecular formula is C9H15N3O2. The normalized spacial score (nSPS) is 10.4. The number of aromatic carboxylic acids is 1. The molecule has 5 heteroatoms. The van der Waals surface area contributed by atoms with Crippen molar-refractivity contribution in [1.29, 1.82) is 0 Å². The largest absolute Gasteiger partial charge is 0.476 e. The molecule has 0 bridgehead atoms. The number of hydrogen-bond donors (Lipinski definition) is 2. The van der Waals surface area contributed by atoms with E-state index >= 15 is 0 Å². The Bertz CT molecular complexity index is 320. The van der Waals surface area contributed by atoms with Gasteiger partial charge in [0.1, 0.15) is 0 Å². The van der Waals surface area contributed by atoms with Crippen molar-refractivity contribution in [2.45, 2.75) is 19.9 Å². The lowest BCUT2D eigenvalue weighted by atomic mass is 10.3. The maximum atomic E-state index is 10.6. The van der Waals surface area contributed by atoms with Crippen molar-refractivity contribution in [3.63, 3.8) is 0 Å². The van der Waals surface area contributed by atoms with Crippen LogP contribution in [0.5, 0.6) is 0 Å². The molecular weight excluding hydrogens is 182 g/mol. The van der Waals surface area contributed by atoms with Crippen LogP contribution < -0.4 is 5.32 Å². The first-order valence-corrected chi connectivity index (χ1v) is 4.62. The number of carboxylic acids is 1. The first-order valence-electron chi connectivity index (χ1n) is 4.62. The van der Waals surface area contributed by atoms with Gasteiger partial charge in [0.2, 0.25) is 0 Å². The second-order valence-electron chi connectivity index (χ2n) is 3.13. The van der Waals surface area contributed by atoms with E-state index in [1.54, 1.807) is 17.8 Å². The average molecular weight is 197 g/mol. The van der Waals surface area contributed by atoms with Crippen LogP contribution in [0.15, 0.2) is 6.07 Å². The van der Waals surface area contributed by atoms with Crippen LogP contribution in [-0.4, -0.2) is 27.4 Å². The Morgan fingerprint density at radius 2 is 2.43 bits per heavy atom. The zero-order valence-electron chi connectivity index (χ0n) is 8.45. The number of aromatic nitrogens is 2. The Morgan fingerprint density at radius 1 is 1.71 bits per heavy atom. The quantitative estimate of drug-likeness (QED) is 0.679. The molecule has 2 N–H and O–H groups in total. The SMILES string of the molecule is CCCNCc1cc(C(=O)O)nn1C. The maximum absolute atomic E-state index is 10.6. The van der Waals surface area contributed by atoms with Gasteiger partial charge in [0, 0.05) is 13.6 Å². The van der Waals surface area contributed by atoms with Gasteiger partial charge in [-0.2, -0.15) is 5.10 Å². The predicted octanol–water partition coefficient (Wildman–Crippen LogP) is 0.618. The highest BCUT2D eigenvalue weighted by atomic mass is 16.4. The van der Waals surface area contributed by atoms with Gasteiger partial charge >= 0.3 is 5.97 Å². The Labute approximate surface area is 82.7 Å². The number of carbonyl (C=O) groups is 1. The standard InChI is InChI=1S/C9H15N3O2/c1-3-4-10-6-7-5-8(9(13)14)11-12(7)2/h5,10H,3-4,6H2,1-2H3,(H,13,14). The minimum Gasteiger partial charge on any atom is -0.476 e. The van der Waals surface area contributed by atoms with Crippen molar-refractivity contribution in [2.24, 2.45) is 7.05 Å². The van der Waals surface area contributed by atoms with Gasteiger partial charge in [-0.15, -0.1) is 0 Å². The van der Waals surface area contributed by atoms with E-state index in [-0.39, 0.29) is 5.69 Å². The molecule has 0 aliphatic rings. The highest BCUT2D eigenvalue weighted by Gasteiger charge is 2.10. The van der Waals surface area contributed by atoms with Gasteiger partial charge in [-0.05, 0) is 19.0 Å². The molecule has 1 rings (SSSR count). The second-order valence-corrected chi connectivity index (χ2v) is 3.13. The summed E-state index contributed by atoms with van der Waals surface area (Å²) in [5.74, 6) is -0.984. The van der Waals surface area contributed by atoms with Gasteiger partial charge in [-0.1, -0.05) is 6.92 Å². The molecule has 1 heterocycles. The van der Waals surface area contributed by atoms with Crippen molar-refractivity contribution in [2.75, 3.05) is 6.54 Å². The van der Waals surface area contributed by atoms with Gasteiger partial charge in [0.05, 0.1) is 5.69 Å². The fourth-order valence-corrected chi connectivity index (χ4v) is 1.17. The van der Waals surface area contributed by atoms with Crippen LogP contribution in [0.4, 0.5) is 0 Å². The zero-order valence-corrected chi connectivity index (χ0v) is 8.45. The highest BCUT2D eigenvalue weighted by molar-refractivity contribution is 5.85. The summed E-state index contributed by atoms with van der Waals surface area (Å²) in [6, 6.07) is 1.59. The van der Waals surface area contributed by atoms with Gasteiger partial charge in [-0.3, -0.25) is 4.68 Å². The number of aryl methyl sites for hydroxylation is 1. The molecule has 0 atom stereocenters. The van der Waals surface area contributed by atoms with Gasteiger partial charge < -0.3 is 10.4 Å². The number of carboxylic acid groups (broad SMARTS) is 1. The van der Waals surface area contributed by atoms with Crippen molar-refractivity contribution in [1.82, 2.24) is 15.1 Å². The predicted molar refractivity (Wildman–Crippen MR) is 52.2 cm³/mol. The average Bonchev–Trinajstić information content (AvgIpc) is 2.49. The minimum atomic E-state index is -0.984. The molecule has 1 aromatic heterocycles. The van der Waals surface area contributed by atoms with Gasteiger partial charge in [0.15, 0.2) is 5.69 Å².